The molecule has 0 aromatic rings. The molecule has 0 bridgehead atoms. The summed E-state index contributed by atoms with van der Waals surface area (Å²) in [4.78, 5) is 15.9. The Balaban J connectivity index is 4.19. The summed E-state index contributed by atoms with van der Waals surface area (Å²) in [5.74, 6) is 0.155. The van der Waals surface area contributed by atoms with Gasteiger partial charge in [-0.25, -0.2) is 0 Å². The minimum atomic E-state index is 0.147. The fourth-order valence-electron chi connectivity index (χ4n) is 2.29. The van der Waals surface area contributed by atoms with E-state index in [1.807, 2.05) is 7.05 Å². The van der Waals surface area contributed by atoms with Gasteiger partial charge in [0.15, 0.2) is 0 Å². The molecule has 0 saturated heterocycles. The molecule has 0 aliphatic heterocycles. The number of aliphatic hydroxyl groups is 1. The molecular formula is C14H31N3O2. The third-order valence-electron chi connectivity index (χ3n) is 3.58. The molecule has 0 heterocycles. The van der Waals surface area contributed by atoms with Crippen LogP contribution in [-0.2, 0) is 4.79 Å². The molecule has 5 heteroatoms. The predicted molar refractivity (Wildman–Crippen MR) is 79.0 cm³/mol. The SMILES string of the molecule is CCC(CC)N(CCO)CCC(=O)N(C)CCCN. The summed E-state index contributed by atoms with van der Waals surface area (Å²) in [7, 11) is 1.82. The summed E-state index contributed by atoms with van der Waals surface area (Å²) in [5.41, 5.74) is 5.44. The lowest BCUT2D eigenvalue weighted by Gasteiger charge is -2.30. The molecule has 0 aliphatic carbocycles. The van der Waals surface area contributed by atoms with E-state index in [4.69, 9.17) is 10.8 Å². The molecule has 1 amide bonds. The largest absolute Gasteiger partial charge is 0.395 e. The van der Waals surface area contributed by atoms with Crippen LogP contribution in [0.3, 0.4) is 0 Å². The highest BCUT2D eigenvalue weighted by molar-refractivity contribution is 5.76. The van der Waals surface area contributed by atoms with Crippen molar-refractivity contribution in [3.8, 4) is 0 Å². The number of aliphatic hydroxyl groups excluding tert-OH is 1. The van der Waals surface area contributed by atoms with Gasteiger partial charge in [-0.1, -0.05) is 13.8 Å². The zero-order chi connectivity index (χ0) is 14.7. The molecule has 0 rings (SSSR count). The fraction of sp³-hybridized carbons (Fsp3) is 0.929. The average Bonchev–Trinajstić information content (AvgIpc) is 2.42. The van der Waals surface area contributed by atoms with Gasteiger partial charge in [-0.05, 0) is 25.8 Å². The van der Waals surface area contributed by atoms with Crippen molar-refractivity contribution in [3.63, 3.8) is 0 Å². The number of nitrogens with zero attached hydrogens (tertiary/aromatic N) is 2. The van der Waals surface area contributed by atoms with Crippen molar-refractivity contribution >= 4 is 5.91 Å². The lowest BCUT2D eigenvalue weighted by molar-refractivity contribution is -0.130. The third kappa shape index (κ3) is 7.50. The van der Waals surface area contributed by atoms with Gasteiger partial charge in [-0.2, -0.15) is 0 Å². The summed E-state index contributed by atoms with van der Waals surface area (Å²) in [6, 6.07) is 0.453. The molecule has 3 N–H and O–H groups in total. The van der Waals surface area contributed by atoms with Crippen LogP contribution in [0.15, 0.2) is 0 Å². The van der Waals surface area contributed by atoms with Gasteiger partial charge in [-0.15, -0.1) is 0 Å². The Hall–Kier alpha value is -0.650. The van der Waals surface area contributed by atoms with E-state index in [0.717, 1.165) is 32.4 Å². The third-order valence-corrected chi connectivity index (χ3v) is 3.58. The van der Waals surface area contributed by atoms with Gasteiger partial charge >= 0.3 is 0 Å². The van der Waals surface area contributed by atoms with Gasteiger partial charge < -0.3 is 15.7 Å². The monoisotopic (exact) mass is 273 g/mol. The number of carbonyl (C=O) groups excluding carboxylic acids is 1. The molecular weight excluding hydrogens is 242 g/mol. The Labute approximate surface area is 117 Å². The second kappa shape index (κ2) is 11.2. The molecule has 0 aromatic carbocycles. The zero-order valence-corrected chi connectivity index (χ0v) is 12.8. The number of hydrogen-bond acceptors (Lipinski definition) is 4. The summed E-state index contributed by atoms with van der Waals surface area (Å²) in [6.45, 7) is 7.14. The summed E-state index contributed by atoms with van der Waals surface area (Å²) in [5, 5.41) is 9.12. The minimum Gasteiger partial charge on any atom is -0.395 e. The molecule has 0 saturated carbocycles. The predicted octanol–water partition coefficient (Wildman–Crippen LogP) is 0.667. The van der Waals surface area contributed by atoms with Crippen LogP contribution in [0.2, 0.25) is 0 Å². The first-order valence-electron chi connectivity index (χ1n) is 7.39. The van der Waals surface area contributed by atoms with Gasteiger partial charge in [0.1, 0.15) is 0 Å². The smallest absolute Gasteiger partial charge is 0.223 e. The first-order valence-corrected chi connectivity index (χ1v) is 7.39. The fourth-order valence-corrected chi connectivity index (χ4v) is 2.29. The Bertz CT molecular complexity index is 233. The van der Waals surface area contributed by atoms with Crippen LogP contribution in [0, 0.1) is 0 Å². The highest BCUT2D eigenvalue weighted by Gasteiger charge is 2.16. The topological polar surface area (TPSA) is 69.8 Å². The highest BCUT2D eigenvalue weighted by atomic mass is 16.3. The van der Waals surface area contributed by atoms with Crippen molar-refractivity contribution in [1.82, 2.24) is 9.80 Å². The summed E-state index contributed by atoms with van der Waals surface area (Å²) in [6.07, 6.45) is 3.45. The molecule has 0 fully saturated rings. The standard InChI is InChI=1S/C14H31N3O2/c1-4-13(5-2)17(11-12-18)10-7-14(19)16(3)9-6-8-15/h13,18H,4-12,15H2,1-3H3. The second-order valence-electron chi connectivity index (χ2n) is 4.94. The van der Waals surface area contributed by atoms with Crippen molar-refractivity contribution < 1.29 is 9.90 Å². The Morgan fingerprint density at radius 2 is 1.84 bits per heavy atom. The van der Waals surface area contributed by atoms with Crippen LogP contribution in [-0.4, -0.2) is 66.7 Å². The Morgan fingerprint density at radius 3 is 2.32 bits per heavy atom. The van der Waals surface area contributed by atoms with E-state index in [0.29, 0.717) is 25.6 Å². The van der Waals surface area contributed by atoms with E-state index in [1.54, 1.807) is 4.90 Å². The van der Waals surface area contributed by atoms with Crippen molar-refractivity contribution in [2.24, 2.45) is 5.73 Å². The Morgan fingerprint density at radius 1 is 1.21 bits per heavy atom. The Kier molecular flexibility index (Phi) is 10.8. The van der Waals surface area contributed by atoms with Crippen molar-refractivity contribution in [1.29, 1.82) is 0 Å². The molecule has 0 atom stereocenters. The quantitative estimate of drug-likeness (QED) is 0.580. The van der Waals surface area contributed by atoms with Gasteiger partial charge in [0, 0.05) is 39.1 Å². The number of carbonyl (C=O) groups is 1. The molecule has 0 unspecified atom stereocenters. The summed E-state index contributed by atoms with van der Waals surface area (Å²) >= 11 is 0. The van der Waals surface area contributed by atoms with Crippen LogP contribution in [0.4, 0.5) is 0 Å². The molecule has 0 aliphatic rings. The average molecular weight is 273 g/mol. The van der Waals surface area contributed by atoms with E-state index in [2.05, 4.69) is 18.7 Å². The first-order chi connectivity index (χ1) is 9.10. The van der Waals surface area contributed by atoms with Crippen molar-refractivity contribution in [2.75, 3.05) is 39.8 Å². The number of rotatable bonds is 11. The van der Waals surface area contributed by atoms with Crippen LogP contribution in [0.1, 0.15) is 39.5 Å². The van der Waals surface area contributed by atoms with E-state index in [-0.39, 0.29) is 12.5 Å². The van der Waals surface area contributed by atoms with E-state index >= 15 is 0 Å². The normalized spacial score (nSPS) is 11.3. The van der Waals surface area contributed by atoms with Crippen LogP contribution in [0.5, 0.6) is 0 Å². The van der Waals surface area contributed by atoms with E-state index in [1.165, 1.54) is 0 Å². The maximum atomic E-state index is 12.0. The van der Waals surface area contributed by atoms with E-state index < -0.39 is 0 Å². The zero-order valence-electron chi connectivity index (χ0n) is 12.8. The molecule has 5 nitrogen and oxygen atoms in total. The number of hydrogen-bond donors (Lipinski definition) is 2. The highest BCUT2D eigenvalue weighted by Crippen LogP contribution is 2.09. The molecule has 0 radical (unpaired) electrons. The lowest BCUT2D eigenvalue weighted by Crippen LogP contribution is -2.40. The maximum absolute atomic E-state index is 12.0. The van der Waals surface area contributed by atoms with Gasteiger partial charge in [0.2, 0.25) is 5.91 Å². The molecule has 0 aromatic heterocycles. The molecule has 114 valence electrons. The first kappa shape index (κ1) is 18.4. The minimum absolute atomic E-state index is 0.147. The summed E-state index contributed by atoms with van der Waals surface area (Å²) < 4.78 is 0. The van der Waals surface area contributed by atoms with Crippen LogP contribution >= 0.6 is 0 Å². The van der Waals surface area contributed by atoms with Crippen LogP contribution in [0.25, 0.3) is 0 Å². The van der Waals surface area contributed by atoms with Crippen molar-refractivity contribution in [2.45, 2.75) is 45.6 Å². The van der Waals surface area contributed by atoms with Gasteiger partial charge in [0.25, 0.3) is 0 Å². The van der Waals surface area contributed by atoms with Gasteiger partial charge in [-0.3, -0.25) is 9.69 Å². The van der Waals surface area contributed by atoms with Crippen LogP contribution < -0.4 is 5.73 Å². The molecule has 19 heavy (non-hydrogen) atoms. The van der Waals surface area contributed by atoms with Crippen molar-refractivity contribution in [3.05, 3.63) is 0 Å². The van der Waals surface area contributed by atoms with E-state index in [9.17, 15) is 4.79 Å². The second-order valence-corrected chi connectivity index (χ2v) is 4.94. The maximum Gasteiger partial charge on any atom is 0.223 e. The lowest BCUT2D eigenvalue weighted by atomic mass is 10.1. The number of nitrogens with two attached hydrogens (primary N) is 1. The van der Waals surface area contributed by atoms with Gasteiger partial charge in [0.05, 0.1) is 6.61 Å². The number of amides is 1. The molecule has 0 spiro atoms.